The number of rotatable bonds is 1. The quantitative estimate of drug-likeness (QED) is 0.746. The van der Waals surface area contributed by atoms with Crippen LogP contribution in [0.2, 0.25) is 0 Å². The van der Waals surface area contributed by atoms with Gasteiger partial charge in [0, 0.05) is 32.1 Å². The summed E-state index contributed by atoms with van der Waals surface area (Å²) in [5.41, 5.74) is 0.627. The van der Waals surface area contributed by atoms with Crippen molar-refractivity contribution in [2.75, 3.05) is 31.2 Å². The highest BCUT2D eigenvalue weighted by atomic mass is 16.7. The van der Waals surface area contributed by atoms with Gasteiger partial charge in [-0.3, -0.25) is 0 Å². The van der Waals surface area contributed by atoms with Crippen LogP contribution in [0.15, 0.2) is 18.3 Å². The van der Waals surface area contributed by atoms with Gasteiger partial charge in [0.1, 0.15) is 11.9 Å². The molecule has 5 nitrogen and oxygen atoms in total. The lowest BCUT2D eigenvalue weighted by atomic mass is 10.0. The number of piperidine rings is 1. The predicted octanol–water partition coefficient (Wildman–Crippen LogP) is 1.30. The number of aromatic nitrogens is 1. The molecule has 1 spiro atoms. The molecule has 2 saturated heterocycles. The highest BCUT2D eigenvalue weighted by Gasteiger charge is 2.40. The number of hydrogen-bond donors (Lipinski definition) is 0. The van der Waals surface area contributed by atoms with Gasteiger partial charge in [0.2, 0.25) is 0 Å². The van der Waals surface area contributed by atoms with Gasteiger partial charge < -0.3 is 14.4 Å². The molecule has 0 saturated carbocycles. The lowest BCUT2D eigenvalue weighted by molar-refractivity contribution is -0.169. The van der Waals surface area contributed by atoms with Crippen LogP contribution in [0.4, 0.5) is 5.82 Å². The zero-order chi connectivity index (χ0) is 12.4. The second-order valence-corrected chi connectivity index (χ2v) is 4.58. The van der Waals surface area contributed by atoms with Crippen LogP contribution in [0, 0.1) is 11.3 Å². The van der Waals surface area contributed by atoms with Gasteiger partial charge in [0.15, 0.2) is 5.79 Å². The first-order valence-electron chi connectivity index (χ1n) is 6.21. The molecule has 3 heterocycles. The topological polar surface area (TPSA) is 58.4 Å². The first kappa shape index (κ1) is 11.5. The van der Waals surface area contributed by atoms with Crippen molar-refractivity contribution < 1.29 is 9.47 Å². The molecule has 2 fully saturated rings. The van der Waals surface area contributed by atoms with Gasteiger partial charge >= 0.3 is 0 Å². The van der Waals surface area contributed by atoms with E-state index in [-0.39, 0.29) is 5.79 Å². The molecule has 2 aliphatic heterocycles. The van der Waals surface area contributed by atoms with Crippen molar-refractivity contribution in [1.82, 2.24) is 4.98 Å². The summed E-state index contributed by atoms with van der Waals surface area (Å²) >= 11 is 0. The minimum absolute atomic E-state index is 0.377. The molecular weight excluding hydrogens is 230 g/mol. The van der Waals surface area contributed by atoms with E-state index in [1.54, 1.807) is 18.3 Å². The Morgan fingerprint density at radius 1 is 1.28 bits per heavy atom. The molecule has 0 amide bonds. The summed E-state index contributed by atoms with van der Waals surface area (Å²) in [6, 6.07) is 5.78. The molecular formula is C13H15N3O2. The van der Waals surface area contributed by atoms with Gasteiger partial charge in [-0.1, -0.05) is 0 Å². The standard InChI is InChI=1S/C13H15N3O2/c14-10-11-2-1-5-15-12(11)16-6-3-13(4-7-16)17-8-9-18-13/h1-2,5H,3-4,6-9H2. The van der Waals surface area contributed by atoms with E-state index in [9.17, 15) is 0 Å². The third-order valence-corrected chi connectivity index (χ3v) is 3.55. The summed E-state index contributed by atoms with van der Waals surface area (Å²) in [6.45, 7) is 3.00. The number of hydrogen-bond acceptors (Lipinski definition) is 5. The molecule has 0 unspecified atom stereocenters. The lowest BCUT2D eigenvalue weighted by Crippen LogP contribution is -2.45. The van der Waals surface area contributed by atoms with Gasteiger partial charge in [0.05, 0.1) is 18.8 Å². The molecule has 0 bridgehead atoms. The monoisotopic (exact) mass is 245 g/mol. The number of ether oxygens (including phenoxy) is 2. The van der Waals surface area contributed by atoms with Crippen molar-refractivity contribution in [1.29, 1.82) is 5.26 Å². The summed E-state index contributed by atoms with van der Waals surface area (Å²) in [5, 5.41) is 9.09. The fourth-order valence-electron chi connectivity index (χ4n) is 2.58. The molecule has 5 heteroatoms. The Balaban J connectivity index is 1.74. The summed E-state index contributed by atoms with van der Waals surface area (Å²) < 4.78 is 11.4. The van der Waals surface area contributed by atoms with E-state index in [4.69, 9.17) is 14.7 Å². The highest BCUT2D eigenvalue weighted by molar-refractivity contribution is 5.53. The third kappa shape index (κ3) is 1.94. The maximum absolute atomic E-state index is 9.09. The normalized spacial score (nSPS) is 22.1. The Labute approximate surface area is 106 Å². The first-order valence-corrected chi connectivity index (χ1v) is 6.21. The Bertz CT molecular complexity index is 467. The molecule has 1 aromatic rings. The molecule has 0 N–H and O–H groups in total. The van der Waals surface area contributed by atoms with Crippen LogP contribution in [0.1, 0.15) is 18.4 Å². The Kier molecular flexibility index (Phi) is 2.90. The van der Waals surface area contributed by atoms with E-state index in [0.29, 0.717) is 18.8 Å². The third-order valence-electron chi connectivity index (χ3n) is 3.55. The number of pyridine rings is 1. The van der Waals surface area contributed by atoms with Crippen molar-refractivity contribution in [3.8, 4) is 6.07 Å². The number of anilines is 1. The van der Waals surface area contributed by atoms with E-state index in [2.05, 4.69) is 16.0 Å². The van der Waals surface area contributed by atoms with E-state index < -0.39 is 0 Å². The first-order chi connectivity index (χ1) is 8.83. The summed E-state index contributed by atoms with van der Waals surface area (Å²) in [5.74, 6) is 0.394. The zero-order valence-electron chi connectivity index (χ0n) is 10.1. The molecule has 0 aromatic carbocycles. The number of nitriles is 1. The smallest absolute Gasteiger partial charge is 0.171 e. The summed E-state index contributed by atoms with van der Waals surface area (Å²) in [6.07, 6.45) is 3.38. The molecule has 0 atom stereocenters. The van der Waals surface area contributed by atoms with Gasteiger partial charge in [-0.05, 0) is 12.1 Å². The van der Waals surface area contributed by atoms with E-state index in [1.165, 1.54) is 0 Å². The second kappa shape index (κ2) is 4.56. The molecule has 2 aliphatic rings. The molecule has 94 valence electrons. The van der Waals surface area contributed by atoms with Crippen LogP contribution in [0.25, 0.3) is 0 Å². The molecule has 0 aliphatic carbocycles. The van der Waals surface area contributed by atoms with Crippen LogP contribution >= 0.6 is 0 Å². The predicted molar refractivity (Wildman–Crippen MR) is 65.0 cm³/mol. The Morgan fingerprint density at radius 2 is 2.00 bits per heavy atom. The van der Waals surface area contributed by atoms with Crippen molar-refractivity contribution >= 4 is 5.82 Å². The zero-order valence-corrected chi connectivity index (χ0v) is 10.1. The van der Waals surface area contributed by atoms with E-state index in [1.807, 2.05) is 0 Å². The summed E-state index contributed by atoms with van der Waals surface area (Å²) in [7, 11) is 0. The van der Waals surface area contributed by atoms with Crippen LogP contribution < -0.4 is 4.90 Å². The second-order valence-electron chi connectivity index (χ2n) is 4.58. The van der Waals surface area contributed by atoms with Crippen molar-refractivity contribution in [2.45, 2.75) is 18.6 Å². The highest BCUT2D eigenvalue weighted by Crippen LogP contribution is 2.33. The van der Waals surface area contributed by atoms with E-state index in [0.717, 1.165) is 31.7 Å². The van der Waals surface area contributed by atoms with E-state index >= 15 is 0 Å². The van der Waals surface area contributed by atoms with Gasteiger partial charge in [-0.15, -0.1) is 0 Å². The van der Waals surface area contributed by atoms with Crippen molar-refractivity contribution in [3.05, 3.63) is 23.9 Å². The van der Waals surface area contributed by atoms with Crippen LogP contribution in [0.5, 0.6) is 0 Å². The summed E-state index contributed by atoms with van der Waals surface area (Å²) in [4.78, 5) is 6.44. The average Bonchev–Trinajstić information content (AvgIpc) is 2.88. The molecule has 1 aromatic heterocycles. The SMILES string of the molecule is N#Cc1cccnc1N1CCC2(CC1)OCCO2. The van der Waals surface area contributed by atoms with Crippen LogP contribution in [-0.4, -0.2) is 37.1 Å². The fourth-order valence-corrected chi connectivity index (χ4v) is 2.58. The van der Waals surface area contributed by atoms with Gasteiger partial charge in [0.25, 0.3) is 0 Å². The molecule has 18 heavy (non-hydrogen) atoms. The fraction of sp³-hybridized carbons (Fsp3) is 0.538. The molecule has 3 rings (SSSR count). The lowest BCUT2D eigenvalue weighted by Gasteiger charge is -2.38. The number of nitrogens with zero attached hydrogens (tertiary/aromatic N) is 3. The average molecular weight is 245 g/mol. The Morgan fingerprint density at radius 3 is 2.67 bits per heavy atom. The van der Waals surface area contributed by atoms with Gasteiger partial charge in [-0.2, -0.15) is 5.26 Å². The minimum atomic E-state index is -0.377. The van der Waals surface area contributed by atoms with Crippen LogP contribution in [-0.2, 0) is 9.47 Å². The Hall–Kier alpha value is -1.64. The van der Waals surface area contributed by atoms with Crippen molar-refractivity contribution in [3.63, 3.8) is 0 Å². The van der Waals surface area contributed by atoms with Gasteiger partial charge in [-0.25, -0.2) is 4.98 Å². The van der Waals surface area contributed by atoms with Crippen molar-refractivity contribution in [2.24, 2.45) is 0 Å². The molecule has 0 radical (unpaired) electrons. The van der Waals surface area contributed by atoms with Crippen LogP contribution in [0.3, 0.4) is 0 Å². The maximum atomic E-state index is 9.09. The maximum Gasteiger partial charge on any atom is 0.171 e. The largest absolute Gasteiger partial charge is 0.355 e. The minimum Gasteiger partial charge on any atom is -0.355 e.